The molecule has 5 heteroatoms. The highest BCUT2D eigenvalue weighted by Crippen LogP contribution is 2.41. The van der Waals surface area contributed by atoms with Crippen LogP contribution in [-0.4, -0.2) is 14.2 Å². The molecule has 1 unspecified atom stereocenters. The lowest BCUT2D eigenvalue weighted by molar-refractivity contribution is 0.369. The minimum Gasteiger partial charge on any atom is -0.495 e. The summed E-state index contributed by atoms with van der Waals surface area (Å²) in [6, 6.07) is 4.08. The van der Waals surface area contributed by atoms with Crippen LogP contribution in [0.1, 0.15) is 50.1 Å². The molecule has 1 aliphatic rings. The molecule has 1 fully saturated rings. The van der Waals surface area contributed by atoms with Crippen molar-refractivity contribution in [2.45, 2.75) is 44.6 Å². The van der Waals surface area contributed by atoms with Crippen LogP contribution in [0.3, 0.4) is 0 Å². The Bertz CT molecular complexity index is 462. The van der Waals surface area contributed by atoms with Gasteiger partial charge in [-0.1, -0.05) is 25.7 Å². The summed E-state index contributed by atoms with van der Waals surface area (Å²) >= 11 is 3.55. The van der Waals surface area contributed by atoms with Crippen LogP contribution in [0.4, 0.5) is 0 Å². The number of halogens is 1. The van der Waals surface area contributed by atoms with E-state index in [1.807, 2.05) is 12.1 Å². The van der Waals surface area contributed by atoms with Gasteiger partial charge in [0.2, 0.25) is 0 Å². The molecule has 0 aliphatic heterocycles. The van der Waals surface area contributed by atoms with Gasteiger partial charge in [0, 0.05) is 11.6 Å². The van der Waals surface area contributed by atoms with E-state index in [9.17, 15) is 0 Å². The van der Waals surface area contributed by atoms with Gasteiger partial charge in [-0.25, -0.2) is 0 Å². The zero-order valence-electron chi connectivity index (χ0n) is 12.8. The van der Waals surface area contributed by atoms with Crippen LogP contribution >= 0.6 is 15.9 Å². The van der Waals surface area contributed by atoms with Gasteiger partial charge < -0.3 is 9.47 Å². The molecule has 4 nitrogen and oxygen atoms in total. The summed E-state index contributed by atoms with van der Waals surface area (Å²) in [5.74, 6) is 8.20. The van der Waals surface area contributed by atoms with E-state index in [4.69, 9.17) is 15.3 Å². The Balaban J connectivity index is 2.14. The average Bonchev–Trinajstić information content (AvgIpc) is 3.01. The lowest BCUT2D eigenvalue weighted by Crippen LogP contribution is -2.28. The number of benzene rings is 1. The molecule has 3 N–H and O–H groups in total. The largest absolute Gasteiger partial charge is 0.495 e. The van der Waals surface area contributed by atoms with Crippen LogP contribution in [0, 0.1) is 5.92 Å². The van der Waals surface area contributed by atoms with Crippen LogP contribution in [0.5, 0.6) is 11.5 Å². The van der Waals surface area contributed by atoms with E-state index in [2.05, 4.69) is 21.4 Å². The third kappa shape index (κ3) is 3.90. The SMILES string of the molecule is COc1ccc(C(CCC2CCCC2)NN)c(OC)c1Br. The standard InChI is InChI=1S/C16H25BrN2O2/c1-20-14-10-8-12(16(21-2)15(14)17)13(19-18)9-7-11-5-3-4-6-11/h8,10-11,13,19H,3-7,9,18H2,1-2H3. The molecule has 1 aliphatic carbocycles. The fourth-order valence-corrected chi connectivity index (χ4v) is 3.91. The highest BCUT2D eigenvalue weighted by Gasteiger charge is 2.22. The van der Waals surface area contributed by atoms with Gasteiger partial charge >= 0.3 is 0 Å². The summed E-state index contributed by atoms with van der Waals surface area (Å²) in [7, 11) is 3.32. The second-order valence-corrected chi connectivity index (χ2v) is 6.44. The van der Waals surface area contributed by atoms with Crippen molar-refractivity contribution in [2.75, 3.05) is 14.2 Å². The number of nitrogens with one attached hydrogen (secondary N) is 1. The van der Waals surface area contributed by atoms with Crippen molar-refractivity contribution in [1.29, 1.82) is 0 Å². The maximum absolute atomic E-state index is 5.78. The van der Waals surface area contributed by atoms with Crippen molar-refractivity contribution in [3.63, 3.8) is 0 Å². The maximum Gasteiger partial charge on any atom is 0.141 e. The quantitative estimate of drug-likeness (QED) is 0.573. The first kappa shape index (κ1) is 16.6. The van der Waals surface area contributed by atoms with Crippen LogP contribution in [0.15, 0.2) is 16.6 Å². The molecule has 118 valence electrons. The summed E-state index contributed by atoms with van der Waals surface area (Å²) < 4.78 is 11.7. The first-order chi connectivity index (χ1) is 10.2. The molecule has 0 amide bonds. The van der Waals surface area contributed by atoms with Gasteiger partial charge in [-0.05, 0) is 46.8 Å². The summed E-state index contributed by atoms with van der Waals surface area (Å²) in [6.07, 6.45) is 7.71. The van der Waals surface area contributed by atoms with Gasteiger partial charge in [-0.15, -0.1) is 0 Å². The third-order valence-electron chi connectivity index (χ3n) is 4.43. The van der Waals surface area contributed by atoms with Gasteiger partial charge in [0.15, 0.2) is 0 Å². The van der Waals surface area contributed by atoms with E-state index >= 15 is 0 Å². The van der Waals surface area contributed by atoms with Gasteiger partial charge in [0.05, 0.1) is 14.2 Å². The zero-order chi connectivity index (χ0) is 15.2. The zero-order valence-corrected chi connectivity index (χ0v) is 14.4. The smallest absolute Gasteiger partial charge is 0.141 e. The van der Waals surface area contributed by atoms with Crippen molar-refractivity contribution in [3.05, 3.63) is 22.2 Å². The number of nitrogens with two attached hydrogens (primary N) is 1. The summed E-state index contributed by atoms with van der Waals surface area (Å²) in [5.41, 5.74) is 4.01. The van der Waals surface area contributed by atoms with E-state index in [-0.39, 0.29) is 6.04 Å². The number of hydrazine groups is 1. The van der Waals surface area contributed by atoms with Gasteiger partial charge in [0.1, 0.15) is 16.0 Å². The Labute approximate surface area is 135 Å². The second kappa shape index (κ2) is 8.01. The molecule has 21 heavy (non-hydrogen) atoms. The molecule has 2 rings (SSSR count). The van der Waals surface area contributed by atoms with Gasteiger partial charge in [0.25, 0.3) is 0 Å². The highest BCUT2D eigenvalue weighted by molar-refractivity contribution is 9.10. The van der Waals surface area contributed by atoms with Gasteiger partial charge in [-0.3, -0.25) is 11.3 Å². The molecule has 0 spiro atoms. The highest BCUT2D eigenvalue weighted by atomic mass is 79.9. The number of rotatable bonds is 7. The number of ether oxygens (including phenoxy) is 2. The molecule has 1 saturated carbocycles. The van der Waals surface area contributed by atoms with Crippen LogP contribution < -0.4 is 20.7 Å². The minimum atomic E-state index is 0.0998. The molecule has 0 heterocycles. The van der Waals surface area contributed by atoms with E-state index in [1.54, 1.807) is 14.2 Å². The molecular weight excluding hydrogens is 332 g/mol. The van der Waals surface area contributed by atoms with E-state index in [0.717, 1.165) is 33.9 Å². The number of hydrogen-bond acceptors (Lipinski definition) is 4. The van der Waals surface area contributed by atoms with Crippen molar-refractivity contribution in [3.8, 4) is 11.5 Å². The number of hydrogen-bond donors (Lipinski definition) is 2. The predicted octanol–water partition coefficient (Wildman–Crippen LogP) is 3.94. The first-order valence-corrected chi connectivity index (χ1v) is 8.37. The van der Waals surface area contributed by atoms with Crippen LogP contribution in [0.2, 0.25) is 0 Å². The van der Waals surface area contributed by atoms with Crippen molar-refractivity contribution in [1.82, 2.24) is 5.43 Å². The van der Waals surface area contributed by atoms with E-state index in [1.165, 1.54) is 32.1 Å². The molecule has 0 aromatic heterocycles. The topological polar surface area (TPSA) is 56.5 Å². The van der Waals surface area contributed by atoms with Gasteiger partial charge in [-0.2, -0.15) is 0 Å². The molecule has 0 saturated heterocycles. The maximum atomic E-state index is 5.78. The van der Waals surface area contributed by atoms with Crippen molar-refractivity contribution in [2.24, 2.45) is 11.8 Å². The second-order valence-electron chi connectivity index (χ2n) is 5.65. The molecule has 1 aromatic rings. The Morgan fingerprint density at radius 2 is 2.00 bits per heavy atom. The Hall–Kier alpha value is -0.780. The number of methoxy groups -OCH3 is 2. The Morgan fingerprint density at radius 3 is 2.57 bits per heavy atom. The van der Waals surface area contributed by atoms with Crippen molar-refractivity contribution < 1.29 is 9.47 Å². The average molecular weight is 357 g/mol. The molecule has 0 radical (unpaired) electrons. The molecular formula is C16H25BrN2O2. The van der Waals surface area contributed by atoms with Crippen LogP contribution in [-0.2, 0) is 0 Å². The molecule has 0 bridgehead atoms. The molecule has 1 aromatic carbocycles. The normalized spacial score (nSPS) is 17.0. The monoisotopic (exact) mass is 356 g/mol. The first-order valence-electron chi connectivity index (χ1n) is 7.57. The summed E-state index contributed by atoms with van der Waals surface area (Å²) in [6.45, 7) is 0. The third-order valence-corrected chi connectivity index (χ3v) is 5.18. The predicted molar refractivity (Wildman–Crippen MR) is 88.5 cm³/mol. The van der Waals surface area contributed by atoms with E-state index in [0.29, 0.717) is 0 Å². The van der Waals surface area contributed by atoms with Crippen molar-refractivity contribution >= 4 is 15.9 Å². The lowest BCUT2D eigenvalue weighted by Gasteiger charge is -2.22. The summed E-state index contributed by atoms with van der Waals surface area (Å²) in [5, 5.41) is 0. The lowest BCUT2D eigenvalue weighted by atomic mass is 9.94. The molecule has 1 atom stereocenters. The summed E-state index contributed by atoms with van der Waals surface area (Å²) in [4.78, 5) is 0. The fourth-order valence-electron chi connectivity index (χ4n) is 3.22. The Morgan fingerprint density at radius 1 is 1.29 bits per heavy atom. The minimum absolute atomic E-state index is 0.0998. The van der Waals surface area contributed by atoms with Crippen LogP contribution in [0.25, 0.3) is 0 Å². The Kier molecular flexibility index (Phi) is 6.33. The van der Waals surface area contributed by atoms with E-state index < -0.39 is 0 Å². The fraction of sp³-hybridized carbons (Fsp3) is 0.625.